The molecule has 0 saturated carbocycles. The summed E-state index contributed by atoms with van der Waals surface area (Å²) in [5.41, 5.74) is 7.93. The molecule has 0 saturated heterocycles. The third kappa shape index (κ3) is 2.92. The zero-order chi connectivity index (χ0) is 13.9. The van der Waals surface area contributed by atoms with E-state index in [1.807, 2.05) is 18.2 Å². The molecule has 2 nitrogen and oxygen atoms in total. The zero-order valence-electron chi connectivity index (χ0n) is 10.9. The maximum Gasteiger partial charge on any atom is 0.0543 e. The summed E-state index contributed by atoms with van der Waals surface area (Å²) in [6.45, 7) is 2.55. The van der Waals surface area contributed by atoms with E-state index in [-0.39, 0.29) is 6.61 Å². The normalized spacial score (nSPS) is 14.3. The monoisotopic (exact) mass is 339 g/mol. The molecule has 0 bridgehead atoms. The minimum Gasteiger partial charge on any atom is -0.395 e. The third-order valence-electron chi connectivity index (χ3n) is 3.60. The SMILES string of the molecule is Cc1ccccc1C(CN)(CO)Cc1sccc1Br. The lowest BCUT2D eigenvalue weighted by atomic mass is 9.76. The molecule has 1 unspecified atom stereocenters. The van der Waals surface area contributed by atoms with Crippen molar-refractivity contribution >= 4 is 27.3 Å². The van der Waals surface area contributed by atoms with Gasteiger partial charge in [0.05, 0.1) is 6.61 Å². The lowest BCUT2D eigenvalue weighted by molar-refractivity contribution is 0.196. The van der Waals surface area contributed by atoms with Crippen LogP contribution in [0.25, 0.3) is 0 Å². The van der Waals surface area contributed by atoms with Crippen molar-refractivity contribution in [1.29, 1.82) is 0 Å². The Balaban J connectivity index is 2.44. The number of nitrogens with two attached hydrogens (primary N) is 1. The van der Waals surface area contributed by atoms with Gasteiger partial charge in [-0.3, -0.25) is 0 Å². The van der Waals surface area contributed by atoms with E-state index in [2.05, 4.69) is 40.4 Å². The molecular formula is C15H18BrNOS. The largest absolute Gasteiger partial charge is 0.395 e. The topological polar surface area (TPSA) is 46.2 Å². The highest BCUT2D eigenvalue weighted by Gasteiger charge is 2.32. The Morgan fingerprint density at radius 1 is 1.32 bits per heavy atom. The van der Waals surface area contributed by atoms with Gasteiger partial charge in [0.15, 0.2) is 0 Å². The fourth-order valence-electron chi connectivity index (χ4n) is 2.41. The molecule has 0 spiro atoms. The molecule has 0 aliphatic heterocycles. The Morgan fingerprint density at radius 3 is 2.58 bits per heavy atom. The van der Waals surface area contributed by atoms with Crippen LogP contribution >= 0.6 is 27.3 Å². The molecule has 1 atom stereocenters. The number of thiophene rings is 1. The summed E-state index contributed by atoms with van der Waals surface area (Å²) in [4.78, 5) is 1.22. The molecule has 4 heteroatoms. The van der Waals surface area contributed by atoms with Crippen LogP contribution in [0, 0.1) is 6.92 Å². The Labute approximate surface area is 126 Å². The molecule has 0 aliphatic rings. The summed E-state index contributed by atoms with van der Waals surface area (Å²) in [5, 5.41) is 12.0. The van der Waals surface area contributed by atoms with Gasteiger partial charge in [-0.25, -0.2) is 0 Å². The minimum absolute atomic E-state index is 0.0543. The first-order valence-electron chi connectivity index (χ1n) is 6.22. The predicted molar refractivity (Wildman–Crippen MR) is 84.7 cm³/mol. The standard InChI is InChI=1S/C15H18BrNOS/c1-11-4-2-3-5-12(11)15(9-17,10-18)8-14-13(16)6-7-19-14/h2-7,18H,8-10,17H2,1H3. The van der Waals surface area contributed by atoms with Gasteiger partial charge in [-0.1, -0.05) is 24.3 Å². The maximum atomic E-state index is 9.95. The van der Waals surface area contributed by atoms with Crippen LogP contribution in [0.2, 0.25) is 0 Å². The van der Waals surface area contributed by atoms with Crippen molar-refractivity contribution in [3.8, 4) is 0 Å². The van der Waals surface area contributed by atoms with Crippen molar-refractivity contribution < 1.29 is 5.11 Å². The van der Waals surface area contributed by atoms with Crippen LogP contribution < -0.4 is 5.73 Å². The lowest BCUT2D eigenvalue weighted by Crippen LogP contribution is -2.41. The van der Waals surface area contributed by atoms with Crippen LogP contribution in [-0.4, -0.2) is 18.3 Å². The van der Waals surface area contributed by atoms with Gasteiger partial charge in [0, 0.05) is 21.3 Å². The zero-order valence-corrected chi connectivity index (χ0v) is 13.3. The van der Waals surface area contributed by atoms with Crippen molar-refractivity contribution in [2.75, 3.05) is 13.2 Å². The minimum atomic E-state index is -0.404. The van der Waals surface area contributed by atoms with E-state index >= 15 is 0 Å². The average molecular weight is 340 g/mol. The molecule has 3 N–H and O–H groups in total. The molecule has 2 rings (SSSR count). The van der Waals surface area contributed by atoms with Crippen LogP contribution in [0.1, 0.15) is 16.0 Å². The quantitative estimate of drug-likeness (QED) is 0.878. The van der Waals surface area contributed by atoms with Gasteiger partial charge < -0.3 is 10.8 Å². The fraction of sp³-hybridized carbons (Fsp3) is 0.333. The van der Waals surface area contributed by atoms with Gasteiger partial charge in [-0.2, -0.15) is 0 Å². The molecule has 1 heterocycles. The maximum absolute atomic E-state index is 9.95. The number of aliphatic hydroxyl groups excluding tert-OH is 1. The molecule has 2 aromatic rings. The van der Waals surface area contributed by atoms with E-state index in [1.54, 1.807) is 11.3 Å². The highest BCUT2D eigenvalue weighted by Crippen LogP contribution is 2.34. The number of hydrogen-bond donors (Lipinski definition) is 2. The Kier molecular flexibility index (Phi) is 4.79. The summed E-state index contributed by atoms with van der Waals surface area (Å²) in [5.74, 6) is 0. The number of rotatable bonds is 5. The van der Waals surface area contributed by atoms with E-state index in [0.29, 0.717) is 6.54 Å². The Bertz CT molecular complexity index is 549. The molecule has 19 heavy (non-hydrogen) atoms. The molecule has 0 aliphatic carbocycles. The highest BCUT2D eigenvalue weighted by molar-refractivity contribution is 9.10. The van der Waals surface area contributed by atoms with E-state index in [9.17, 15) is 5.11 Å². The number of halogens is 1. The van der Waals surface area contributed by atoms with Crippen LogP contribution in [-0.2, 0) is 11.8 Å². The Morgan fingerprint density at radius 2 is 2.05 bits per heavy atom. The second kappa shape index (κ2) is 6.18. The fourth-order valence-corrected chi connectivity index (χ4v) is 4.05. The molecular weight excluding hydrogens is 322 g/mol. The molecule has 0 fully saturated rings. The molecule has 102 valence electrons. The van der Waals surface area contributed by atoms with Crippen molar-refractivity contribution in [1.82, 2.24) is 0 Å². The highest BCUT2D eigenvalue weighted by atomic mass is 79.9. The van der Waals surface area contributed by atoms with Gasteiger partial charge in [0.25, 0.3) is 0 Å². The predicted octanol–water partition coefficient (Wildman–Crippen LogP) is 3.25. The van der Waals surface area contributed by atoms with Gasteiger partial charge in [0.1, 0.15) is 0 Å². The first-order chi connectivity index (χ1) is 9.13. The third-order valence-corrected chi connectivity index (χ3v) is 5.53. The average Bonchev–Trinajstić information content (AvgIpc) is 2.82. The van der Waals surface area contributed by atoms with E-state index in [0.717, 1.165) is 16.5 Å². The van der Waals surface area contributed by atoms with Gasteiger partial charge in [-0.05, 0) is 51.8 Å². The van der Waals surface area contributed by atoms with Crippen molar-refractivity contribution in [2.24, 2.45) is 5.73 Å². The smallest absolute Gasteiger partial charge is 0.0543 e. The molecule has 1 aromatic heterocycles. The molecule has 1 aromatic carbocycles. The van der Waals surface area contributed by atoms with Crippen LogP contribution in [0.4, 0.5) is 0 Å². The van der Waals surface area contributed by atoms with Crippen LogP contribution in [0.3, 0.4) is 0 Å². The summed E-state index contributed by atoms with van der Waals surface area (Å²) in [7, 11) is 0. The molecule has 0 amide bonds. The molecule has 0 radical (unpaired) electrons. The van der Waals surface area contributed by atoms with E-state index < -0.39 is 5.41 Å². The van der Waals surface area contributed by atoms with Gasteiger partial charge >= 0.3 is 0 Å². The number of benzene rings is 1. The van der Waals surface area contributed by atoms with Gasteiger partial charge in [0.2, 0.25) is 0 Å². The van der Waals surface area contributed by atoms with E-state index in [4.69, 9.17) is 5.73 Å². The van der Waals surface area contributed by atoms with Crippen LogP contribution in [0.5, 0.6) is 0 Å². The number of aliphatic hydroxyl groups is 1. The first kappa shape index (κ1) is 14.7. The lowest BCUT2D eigenvalue weighted by Gasteiger charge is -2.32. The second-order valence-electron chi connectivity index (χ2n) is 4.83. The number of hydrogen-bond acceptors (Lipinski definition) is 3. The summed E-state index contributed by atoms with van der Waals surface area (Å²) >= 11 is 5.25. The first-order valence-corrected chi connectivity index (χ1v) is 7.89. The Hall–Kier alpha value is -0.680. The van der Waals surface area contributed by atoms with Crippen molar-refractivity contribution in [3.63, 3.8) is 0 Å². The van der Waals surface area contributed by atoms with Crippen molar-refractivity contribution in [2.45, 2.75) is 18.8 Å². The summed E-state index contributed by atoms with van der Waals surface area (Å²) in [6.07, 6.45) is 0.753. The van der Waals surface area contributed by atoms with E-state index in [1.165, 1.54) is 10.4 Å². The second-order valence-corrected chi connectivity index (χ2v) is 6.68. The summed E-state index contributed by atoms with van der Waals surface area (Å²) < 4.78 is 1.09. The van der Waals surface area contributed by atoms with Crippen LogP contribution in [0.15, 0.2) is 40.2 Å². The van der Waals surface area contributed by atoms with Crippen molar-refractivity contribution in [3.05, 3.63) is 56.2 Å². The summed E-state index contributed by atoms with van der Waals surface area (Å²) in [6, 6.07) is 10.2. The van der Waals surface area contributed by atoms with Gasteiger partial charge in [-0.15, -0.1) is 11.3 Å². The number of aryl methyl sites for hydroxylation is 1.